The van der Waals surface area contributed by atoms with Gasteiger partial charge >= 0.3 is 5.97 Å². The molecule has 0 radical (unpaired) electrons. The molecule has 0 aliphatic heterocycles. The molecule has 1 aliphatic rings. The summed E-state index contributed by atoms with van der Waals surface area (Å²) < 4.78 is 0.955. The van der Waals surface area contributed by atoms with Crippen molar-refractivity contribution in [3.8, 4) is 0 Å². The van der Waals surface area contributed by atoms with Crippen LogP contribution < -0.4 is 5.32 Å². The maximum absolute atomic E-state index is 11.4. The minimum absolute atomic E-state index is 0.342. The maximum atomic E-state index is 11.4. The number of aliphatic carboxylic acids is 1. The Balaban J connectivity index is 2.04. The monoisotopic (exact) mass is 331 g/mol. The number of rotatable bonds is 4. The van der Waals surface area contributed by atoms with Crippen molar-refractivity contribution in [2.45, 2.75) is 50.6 Å². The number of nitrogens with one attached hydrogen (secondary N) is 1. The summed E-state index contributed by atoms with van der Waals surface area (Å²) in [5.41, 5.74) is 0. The Bertz CT molecular complexity index is 399. The lowest BCUT2D eigenvalue weighted by Crippen LogP contribution is -2.36. The molecule has 1 aromatic heterocycles. The van der Waals surface area contributed by atoms with E-state index in [1.807, 2.05) is 11.4 Å². The zero-order valence-electron chi connectivity index (χ0n) is 10.2. The molecular formula is C13H18BrNO2S. The van der Waals surface area contributed by atoms with Crippen LogP contribution in [0.3, 0.4) is 0 Å². The van der Waals surface area contributed by atoms with Crippen LogP contribution in [0.5, 0.6) is 0 Å². The number of hydrogen-bond acceptors (Lipinski definition) is 3. The first-order valence-electron chi connectivity index (χ1n) is 6.39. The molecule has 1 heterocycles. The van der Waals surface area contributed by atoms with Crippen molar-refractivity contribution in [2.24, 2.45) is 0 Å². The van der Waals surface area contributed by atoms with E-state index in [1.54, 1.807) is 0 Å². The molecule has 18 heavy (non-hydrogen) atoms. The van der Waals surface area contributed by atoms with Gasteiger partial charge in [-0.3, -0.25) is 10.1 Å². The van der Waals surface area contributed by atoms with Crippen LogP contribution in [0.2, 0.25) is 0 Å². The zero-order valence-corrected chi connectivity index (χ0v) is 12.6. The molecule has 0 aromatic carbocycles. The highest BCUT2D eigenvalue weighted by atomic mass is 79.9. The molecule has 1 unspecified atom stereocenters. The maximum Gasteiger partial charge on any atom is 0.326 e. The lowest BCUT2D eigenvalue weighted by Gasteiger charge is -2.21. The first kappa shape index (κ1) is 14.0. The van der Waals surface area contributed by atoms with Gasteiger partial charge in [-0.05, 0) is 34.8 Å². The van der Waals surface area contributed by atoms with Crippen LogP contribution in [0.4, 0.5) is 0 Å². The molecular weight excluding hydrogens is 314 g/mol. The van der Waals surface area contributed by atoms with E-state index in [1.165, 1.54) is 37.0 Å². The number of carbonyl (C=O) groups is 1. The number of hydrogen-bond donors (Lipinski definition) is 2. The molecule has 0 bridgehead atoms. The standard InChI is InChI=1S/C13H18BrNO2S/c14-9-7-11(18-8-9)12(13(16)17)15-10-5-3-1-2-4-6-10/h7-8,10,12,15H,1-6H2,(H,16,17). The van der Waals surface area contributed by atoms with E-state index < -0.39 is 12.0 Å². The summed E-state index contributed by atoms with van der Waals surface area (Å²) >= 11 is 4.87. The molecule has 1 atom stereocenters. The summed E-state index contributed by atoms with van der Waals surface area (Å²) in [5, 5.41) is 14.6. The van der Waals surface area contributed by atoms with Crippen LogP contribution >= 0.6 is 27.3 Å². The van der Waals surface area contributed by atoms with Crippen LogP contribution in [-0.2, 0) is 4.79 Å². The normalized spacial score (nSPS) is 19.4. The summed E-state index contributed by atoms with van der Waals surface area (Å²) in [6, 6.07) is 1.67. The predicted octanol–water partition coefficient (Wildman–Crippen LogP) is 3.95. The van der Waals surface area contributed by atoms with E-state index in [0.717, 1.165) is 22.2 Å². The molecule has 0 saturated heterocycles. The lowest BCUT2D eigenvalue weighted by molar-refractivity contribution is -0.139. The second-order valence-electron chi connectivity index (χ2n) is 4.79. The van der Waals surface area contributed by atoms with E-state index in [4.69, 9.17) is 0 Å². The number of halogens is 1. The fourth-order valence-electron chi connectivity index (χ4n) is 2.44. The van der Waals surface area contributed by atoms with Gasteiger partial charge in [-0.25, -0.2) is 0 Å². The highest BCUT2D eigenvalue weighted by molar-refractivity contribution is 9.10. The van der Waals surface area contributed by atoms with E-state index >= 15 is 0 Å². The second-order valence-corrected chi connectivity index (χ2v) is 6.65. The predicted molar refractivity (Wildman–Crippen MR) is 77.0 cm³/mol. The molecule has 100 valence electrons. The first-order chi connectivity index (χ1) is 8.66. The molecule has 0 amide bonds. The number of carboxylic acid groups (broad SMARTS) is 1. The van der Waals surface area contributed by atoms with Crippen molar-refractivity contribution in [1.29, 1.82) is 0 Å². The quantitative estimate of drug-likeness (QED) is 0.821. The smallest absolute Gasteiger partial charge is 0.326 e. The lowest BCUT2D eigenvalue weighted by atomic mass is 10.1. The summed E-state index contributed by atoms with van der Waals surface area (Å²) in [4.78, 5) is 12.3. The van der Waals surface area contributed by atoms with Crippen molar-refractivity contribution in [3.63, 3.8) is 0 Å². The third-order valence-electron chi connectivity index (χ3n) is 3.38. The van der Waals surface area contributed by atoms with E-state index in [9.17, 15) is 9.90 Å². The van der Waals surface area contributed by atoms with Gasteiger partial charge in [-0.15, -0.1) is 11.3 Å². The van der Waals surface area contributed by atoms with E-state index in [-0.39, 0.29) is 0 Å². The molecule has 1 aliphatic carbocycles. The van der Waals surface area contributed by atoms with E-state index in [2.05, 4.69) is 21.2 Å². The van der Waals surface area contributed by atoms with Gasteiger partial charge < -0.3 is 5.11 Å². The topological polar surface area (TPSA) is 49.3 Å². The van der Waals surface area contributed by atoms with Crippen LogP contribution in [0.15, 0.2) is 15.9 Å². The molecule has 1 aromatic rings. The molecule has 2 N–H and O–H groups in total. The van der Waals surface area contributed by atoms with Crippen molar-refractivity contribution in [1.82, 2.24) is 5.32 Å². The molecule has 3 nitrogen and oxygen atoms in total. The zero-order chi connectivity index (χ0) is 13.0. The molecule has 1 saturated carbocycles. The molecule has 2 rings (SSSR count). The fraction of sp³-hybridized carbons (Fsp3) is 0.615. The Morgan fingerprint density at radius 2 is 2.06 bits per heavy atom. The minimum Gasteiger partial charge on any atom is -0.480 e. The highest BCUT2D eigenvalue weighted by Crippen LogP contribution is 2.28. The SMILES string of the molecule is O=C(O)C(NC1CCCCCC1)c1cc(Br)cs1. The van der Waals surface area contributed by atoms with Crippen LogP contribution in [-0.4, -0.2) is 17.1 Å². The van der Waals surface area contributed by atoms with Gasteiger partial charge in [0.1, 0.15) is 6.04 Å². The van der Waals surface area contributed by atoms with Crippen LogP contribution in [0.1, 0.15) is 49.4 Å². The van der Waals surface area contributed by atoms with Gasteiger partial charge in [0.25, 0.3) is 0 Å². The van der Waals surface area contributed by atoms with Gasteiger partial charge in [0.05, 0.1) is 0 Å². The van der Waals surface area contributed by atoms with Crippen molar-refractivity contribution in [3.05, 3.63) is 20.8 Å². The van der Waals surface area contributed by atoms with Crippen molar-refractivity contribution >= 4 is 33.2 Å². The Kier molecular flexibility index (Phi) is 5.21. The van der Waals surface area contributed by atoms with Gasteiger partial charge in [-0.2, -0.15) is 0 Å². The Morgan fingerprint density at radius 3 is 2.56 bits per heavy atom. The number of carboxylic acids is 1. The van der Waals surface area contributed by atoms with Gasteiger partial charge in [0.2, 0.25) is 0 Å². The van der Waals surface area contributed by atoms with E-state index in [0.29, 0.717) is 6.04 Å². The largest absolute Gasteiger partial charge is 0.480 e. The number of thiophene rings is 1. The van der Waals surface area contributed by atoms with Crippen LogP contribution in [0.25, 0.3) is 0 Å². The van der Waals surface area contributed by atoms with Crippen molar-refractivity contribution in [2.75, 3.05) is 0 Å². The average Bonchev–Trinajstić information content (AvgIpc) is 2.61. The van der Waals surface area contributed by atoms with Crippen LogP contribution in [0, 0.1) is 0 Å². The summed E-state index contributed by atoms with van der Waals surface area (Å²) in [6.07, 6.45) is 7.16. The van der Waals surface area contributed by atoms with Gasteiger partial charge in [0, 0.05) is 20.8 Å². The van der Waals surface area contributed by atoms with Gasteiger partial charge in [0.15, 0.2) is 0 Å². The Labute approximate surface area is 120 Å². The molecule has 0 spiro atoms. The van der Waals surface area contributed by atoms with Crippen molar-refractivity contribution < 1.29 is 9.90 Å². The fourth-order valence-corrected chi connectivity index (χ4v) is 3.93. The Morgan fingerprint density at radius 1 is 1.39 bits per heavy atom. The summed E-state index contributed by atoms with van der Waals surface area (Å²) in [6.45, 7) is 0. The summed E-state index contributed by atoms with van der Waals surface area (Å²) in [7, 11) is 0. The third kappa shape index (κ3) is 3.80. The second kappa shape index (κ2) is 6.68. The first-order valence-corrected chi connectivity index (χ1v) is 8.07. The Hall–Kier alpha value is -0.390. The molecule has 1 fully saturated rings. The van der Waals surface area contributed by atoms with Gasteiger partial charge in [-0.1, -0.05) is 25.7 Å². The highest BCUT2D eigenvalue weighted by Gasteiger charge is 2.25. The third-order valence-corrected chi connectivity index (χ3v) is 5.14. The average molecular weight is 332 g/mol. The molecule has 5 heteroatoms. The summed E-state index contributed by atoms with van der Waals surface area (Å²) in [5.74, 6) is -0.784. The minimum atomic E-state index is -0.784.